The van der Waals surface area contributed by atoms with E-state index in [2.05, 4.69) is 10.4 Å². The molecule has 1 fully saturated rings. The Kier molecular flexibility index (Phi) is 4.20. The molecular weight excluding hydrogens is 280 g/mol. The molecular formula is C16H20N4O2. The van der Waals surface area contributed by atoms with Gasteiger partial charge >= 0.3 is 0 Å². The molecule has 0 radical (unpaired) electrons. The van der Waals surface area contributed by atoms with Crippen LogP contribution in [0.4, 0.5) is 0 Å². The first-order valence-corrected chi connectivity index (χ1v) is 7.59. The van der Waals surface area contributed by atoms with Gasteiger partial charge in [0.2, 0.25) is 11.3 Å². The van der Waals surface area contributed by atoms with Crippen LogP contribution in [0.25, 0.3) is 10.9 Å². The van der Waals surface area contributed by atoms with Crippen molar-refractivity contribution in [2.75, 3.05) is 20.1 Å². The number of likely N-dealkylation sites (tertiary alicyclic amines) is 1. The largest absolute Gasteiger partial charge is 0.340 e. The topological polar surface area (TPSA) is 67.2 Å². The SMILES string of the molecule is CNC1CCCN(C(=O)Cn2ncc(=O)c3ccccc32)C1. The lowest BCUT2D eigenvalue weighted by Crippen LogP contribution is -2.48. The van der Waals surface area contributed by atoms with E-state index in [1.54, 1.807) is 10.7 Å². The highest BCUT2D eigenvalue weighted by Crippen LogP contribution is 2.12. The summed E-state index contributed by atoms with van der Waals surface area (Å²) >= 11 is 0. The highest BCUT2D eigenvalue weighted by Gasteiger charge is 2.23. The molecule has 0 saturated carbocycles. The molecule has 22 heavy (non-hydrogen) atoms. The van der Waals surface area contributed by atoms with Gasteiger partial charge in [-0.3, -0.25) is 14.3 Å². The summed E-state index contributed by atoms with van der Waals surface area (Å²) in [5, 5.41) is 7.95. The first-order valence-electron chi connectivity index (χ1n) is 7.59. The predicted molar refractivity (Wildman–Crippen MR) is 84.7 cm³/mol. The average molecular weight is 300 g/mol. The van der Waals surface area contributed by atoms with Crippen molar-refractivity contribution < 1.29 is 4.79 Å². The Balaban J connectivity index is 1.83. The molecule has 6 heteroatoms. The van der Waals surface area contributed by atoms with Crippen LogP contribution < -0.4 is 10.7 Å². The number of nitrogens with one attached hydrogen (secondary N) is 1. The number of likely N-dealkylation sites (N-methyl/N-ethyl adjacent to an activating group) is 1. The zero-order valence-electron chi connectivity index (χ0n) is 12.7. The Hall–Kier alpha value is -2.21. The number of para-hydroxylation sites is 1. The van der Waals surface area contributed by atoms with Gasteiger partial charge in [-0.15, -0.1) is 0 Å². The number of amides is 1. The van der Waals surface area contributed by atoms with Crippen molar-refractivity contribution in [1.29, 1.82) is 0 Å². The molecule has 1 aliphatic heterocycles. The standard InChI is InChI=1S/C16H20N4O2/c1-17-12-5-4-8-19(10-12)16(22)11-20-14-7-3-2-6-13(14)15(21)9-18-20/h2-3,6-7,9,12,17H,4-5,8,10-11H2,1H3. The fraction of sp³-hybridized carbons (Fsp3) is 0.438. The lowest BCUT2D eigenvalue weighted by molar-refractivity contribution is -0.133. The summed E-state index contributed by atoms with van der Waals surface area (Å²) in [7, 11) is 1.93. The van der Waals surface area contributed by atoms with Crippen molar-refractivity contribution in [2.24, 2.45) is 0 Å². The van der Waals surface area contributed by atoms with Crippen molar-refractivity contribution in [3.8, 4) is 0 Å². The summed E-state index contributed by atoms with van der Waals surface area (Å²) in [5.74, 6) is 0.0428. The molecule has 116 valence electrons. The summed E-state index contributed by atoms with van der Waals surface area (Å²) in [6.45, 7) is 1.68. The fourth-order valence-corrected chi connectivity index (χ4v) is 2.95. The normalized spacial score (nSPS) is 18.6. The van der Waals surface area contributed by atoms with Crippen LogP contribution in [0.5, 0.6) is 0 Å². The molecule has 1 aromatic carbocycles. The molecule has 0 spiro atoms. The molecule has 1 aliphatic rings. The third-order valence-corrected chi connectivity index (χ3v) is 4.23. The fourth-order valence-electron chi connectivity index (χ4n) is 2.95. The van der Waals surface area contributed by atoms with Crippen LogP contribution in [0.3, 0.4) is 0 Å². The number of benzene rings is 1. The number of carbonyl (C=O) groups excluding carboxylic acids is 1. The average Bonchev–Trinajstić information content (AvgIpc) is 2.57. The van der Waals surface area contributed by atoms with Gasteiger partial charge in [0, 0.05) is 24.5 Å². The van der Waals surface area contributed by atoms with Crippen molar-refractivity contribution in [2.45, 2.75) is 25.4 Å². The number of rotatable bonds is 3. The van der Waals surface area contributed by atoms with E-state index in [1.807, 2.05) is 30.1 Å². The Morgan fingerprint density at radius 3 is 3.05 bits per heavy atom. The summed E-state index contributed by atoms with van der Waals surface area (Å²) in [4.78, 5) is 26.2. The van der Waals surface area contributed by atoms with E-state index >= 15 is 0 Å². The van der Waals surface area contributed by atoms with E-state index in [0.29, 0.717) is 16.9 Å². The molecule has 0 bridgehead atoms. The van der Waals surface area contributed by atoms with Crippen molar-refractivity contribution in [3.63, 3.8) is 0 Å². The van der Waals surface area contributed by atoms with Crippen LogP contribution in [0.1, 0.15) is 12.8 Å². The summed E-state index contributed by atoms with van der Waals surface area (Å²) < 4.78 is 1.61. The minimum Gasteiger partial charge on any atom is -0.340 e. The molecule has 1 N–H and O–H groups in total. The van der Waals surface area contributed by atoms with Crippen molar-refractivity contribution in [1.82, 2.24) is 20.0 Å². The van der Waals surface area contributed by atoms with E-state index in [1.165, 1.54) is 6.20 Å². The molecule has 1 aromatic heterocycles. The van der Waals surface area contributed by atoms with E-state index in [0.717, 1.165) is 25.9 Å². The van der Waals surface area contributed by atoms with Crippen LogP contribution in [0, 0.1) is 0 Å². The van der Waals surface area contributed by atoms with Crippen LogP contribution in [-0.4, -0.2) is 46.8 Å². The Morgan fingerprint density at radius 2 is 2.23 bits per heavy atom. The van der Waals surface area contributed by atoms with Crippen LogP contribution >= 0.6 is 0 Å². The molecule has 2 heterocycles. The Bertz CT molecular complexity index is 740. The van der Waals surface area contributed by atoms with Crippen LogP contribution in [0.2, 0.25) is 0 Å². The monoisotopic (exact) mass is 300 g/mol. The maximum Gasteiger partial charge on any atom is 0.244 e. The summed E-state index contributed by atoms with van der Waals surface area (Å²) in [6.07, 6.45) is 3.39. The zero-order chi connectivity index (χ0) is 15.5. The van der Waals surface area contributed by atoms with Crippen LogP contribution in [0.15, 0.2) is 35.3 Å². The van der Waals surface area contributed by atoms with E-state index < -0.39 is 0 Å². The van der Waals surface area contributed by atoms with Gasteiger partial charge in [0.15, 0.2) is 0 Å². The van der Waals surface area contributed by atoms with E-state index in [-0.39, 0.29) is 17.9 Å². The molecule has 1 saturated heterocycles. The highest BCUT2D eigenvalue weighted by atomic mass is 16.2. The number of nitrogens with zero attached hydrogens (tertiary/aromatic N) is 3. The van der Waals surface area contributed by atoms with Gasteiger partial charge < -0.3 is 10.2 Å². The molecule has 2 aromatic rings. The van der Waals surface area contributed by atoms with E-state index in [9.17, 15) is 9.59 Å². The molecule has 1 atom stereocenters. The second kappa shape index (κ2) is 6.27. The number of carbonyl (C=O) groups is 1. The van der Waals surface area contributed by atoms with Gasteiger partial charge in [0.05, 0.1) is 11.7 Å². The molecule has 0 aliphatic carbocycles. The lowest BCUT2D eigenvalue weighted by atomic mass is 10.1. The number of aromatic nitrogens is 2. The van der Waals surface area contributed by atoms with Gasteiger partial charge in [0.1, 0.15) is 6.54 Å². The highest BCUT2D eigenvalue weighted by molar-refractivity contribution is 5.81. The minimum atomic E-state index is -0.118. The molecule has 6 nitrogen and oxygen atoms in total. The van der Waals surface area contributed by atoms with E-state index in [4.69, 9.17) is 0 Å². The first-order chi connectivity index (χ1) is 10.7. The maximum absolute atomic E-state index is 12.5. The third-order valence-electron chi connectivity index (χ3n) is 4.23. The first kappa shape index (κ1) is 14.7. The van der Waals surface area contributed by atoms with Gasteiger partial charge in [0.25, 0.3) is 0 Å². The number of hydrogen-bond acceptors (Lipinski definition) is 4. The quantitative estimate of drug-likeness (QED) is 0.902. The van der Waals surface area contributed by atoms with Gasteiger partial charge in [-0.25, -0.2) is 0 Å². The smallest absolute Gasteiger partial charge is 0.244 e. The number of piperidine rings is 1. The second-order valence-electron chi connectivity index (χ2n) is 5.65. The molecule has 3 rings (SSSR count). The summed E-state index contributed by atoms with van der Waals surface area (Å²) in [5.41, 5.74) is 0.582. The van der Waals surface area contributed by atoms with Gasteiger partial charge in [-0.05, 0) is 32.0 Å². The Morgan fingerprint density at radius 1 is 1.41 bits per heavy atom. The maximum atomic E-state index is 12.5. The molecule has 1 unspecified atom stereocenters. The second-order valence-corrected chi connectivity index (χ2v) is 5.65. The van der Waals surface area contributed by atoms with Crippen molar-refractivity contribution >= 4 is 16.8 Å². The van der Waals surface area contributed by atoms with Crippen LogP contribution in [-0.2, 0) is 11.3 Å². The van der Waals surface area contributed by atoms with Gasteiger partial charge in [-0.1, -0.05) is 12.1 Å². The number of fused-ring (bicyclic) bond motifs is 1. The third kappa shape index (κ3) is 2.87. The predicted octanol–water partition coefficient (Wildman–Crippen LogP) is 0.607. The molecule has 1 amide bonds. The number of hydrogen-bond donors (Lipinski definition) is 1. The Labute approximate surface area is 128 Å². The van der Waals surface area contributed by atoms with Crippen molar-refractivity contribution in [3.05, 3.63) is 40.7 Å². The van der Waals surface area contributed by atoms with Gasteiger partial charge in [-0.2, -0.15) is 5.10 Å². The zero-order valence-corrected chi connectivity index (χ0v) is 12.7. The summed E-state index contributed by atoms with van der Waals surface area (Å²) in [6, 6.07) is 7.61. The minimum absolute atomic E-state index is 0.0428. The lowest BCUT2D eigenvalue weighted by Gasteiger charge is -2.32.